The third kappa shape index (κ3) is 3.58. The van der Waals surface area contributed by atoms with Gasteiger partial charge in [0.05, 0.1) is 11.9 Å². The molecule has 0 radical (unpaired) electrons. The van der Waals surface area contributed by atoms with Crippen LogP contribution in [0, 0.1) is 6.92 Å². The molecule has 0 aliphatic heterocycles. The molecule has 6 heteroatoms. The van der Waals surface area contributed by atoms with Gasteiger partial charge < -0.3 is 5.32 Å². The summed E-state index contributed by atoms with van der Waals surface area (Å²) < 4.78 is 3.94. The van der Waals surface area contributed by atoms with E-state index in [1.807, 2.05) is 28.8 Å². The summed E-state index contributed by atoms with van der Waals surface area (Å²) in [7, 11) is 1.96. The Morgan fingerprint density at radius 1 is 1.26 bits per heavy atom. The van der Waals surface area contributed by atoms with E-state index in [1.54, 1.807) is 0 Å². The van der Waals surface area contributed by atoms with Crippen LogP contribution < -0.4 is 5.32 Å². The van der Waals surface area contributed by atoms with Crippen LogP contribution in [0.2, 0.25) is 0 Å². The summed E-state index contributed by atoms with van der Waals surface area (Å²) in [6.45, 7) is 8.03. The Labute approximate surface area is 120 Å². The molecule has 1 N–H and O–H groups in total. The summed E-state index contributed by atoms with van der Waals surface area (Å²) in [4.78, 5) is 0. The molecule has 19 heavy (non-hydrogen) atoms. The number of nitrogens with one attached hydrogen (secondary N) is 1. The van der Waals surface area contributed by atoms with Gasteiger partial charge in [-0.1, -0.05) is 0 Å². The molecule has 0 unspecified atom stereocenters. The van der Waals surface area contributed by atoms with Crippen LogP contribution in [0.1, 0.15) is 36.8 Å². The van der Waals surface area contributed by atoms with Gasteiger partial charge in [-0.15, -0.1) is 12.4 Å². The van der Waals surface area contributed by atoms with E-state index in [9.17, 15) is 0 Å². The molecular formula is C13H22ClN5. The van der Waals surface area contributed by atoms with Gasteiger partial charge in [-0.25, -0.2) is 0 Å². The molecule has 2 aromatic heterocycles. The van der Waals surface area contributed by atoms with Crippen molar-refractivity contribution >= 4 is 12.4 Å². The first-order chi connectivity index (χ1) is 8.59. The highest BCUT2D eigenvalue weighted by Gasteiger charge is 2.06. The summed E-state index contributed by atoms with van der Waals surface area (Å²) in [5.41, 5.74) is 3.67. The van der Waals surface area contributed by atoms with Crippen molar-refractivity contribution in [2.45, 2.75) is 39.9 Å². The first-order valence-corrected chi connectivity index (χ1v) is 6.30. The zero-order valence-electron chi connectivity index (χ0n) is 11.9. The number of aryl methyl sites for hydroxylation is 1. The highest BCUT2D eigenvalue weighted by Crippen LogP contribution is 2.09. The fourth-order valence-electron chi connectivity index (χ4n) is 1.99. The van der Waals surface area contributed by atoms with Crippen molar-refractivity contribution in [3.63, 3.8) is 0 Å². The highest BCUT2D eigenvalue weighted by molar-refractivity contribution is 5.85. The Morgan fingerprint density at radius 2 is 2.00 bits per heavy atom. The molecule has 5 nitrogen and oxygen atoms in total. The van der Waals surface area contributed by atoms with E-state index in [0.717, 1.165) is 13.1 Å². The first kappa shape index (κ1) is 15.7. The van der Waals surface area contributed by atoms with Gasteiger partial charge in [0.2, 0.25) is 0 Å². The molecule has 0 aliphatic rings. The van der Waals surface area contributed by atoms with E-state index < -0.39 is 0 Å². The third-order valence-electron chi connectivity index (χ3n) is 3.20. The molecule has 106 valence electrons. The maximum atomic E-state index is 4.32. The molecular weight excluding hydrogens is 262 g/mol. The number of hydrogen-bond donors (Lipinski definition) is 1. The zero-order chi connectivity index (χ0) is 13.1. The van der Waals surface area contributed by atoms with Crippen LogP contribution in [-0.2, 0) is 20.1 Å². The number of nitrogens with zero attached hydrogens (tertiary/aromatic N) is 4. The van der Waals surface area contributed by atoms with E-state index in [0.29, 0.717) is 6.04 Å². The maximum absolute atomic E-state index is 4.32. The van der Waals surface area contributed by atoms with E-state index in [1.165, 1.54) is 17.0 Å². The molecule has 2 rings (SSSR count). The van der Waals surface area contributed by atoms with E-state index in [-0.39, 0.29) is 12.4 Å². The normalized spacial score (nSPS) is 10.8. The lowest BCUT2D eigenvalue weighted by Crippen LogP contribution is -2.17. The molecule has 0 aliphatic carbocycles. The Kier molecular flexibility index (Phi) is 5.57. The van der Waals surface area contributed by atoms with Crippen molar-refractivity contribution in [1.29, 1.82) is 0 Å². The predicted octanol–water partition coefficient (Wildman–Crippen LogP) is 2.22. The average Bonchev–Trinajstić information content (AvgIpc) is 2.91. The van der Waals surface area contributed by atoms with Gasteiger partial charge in [-0.05, 0) is 26.8 Å². The molecule has 0 bridgehead atoms. The standard InChI is InChI=1S/C13H21N5.ClH/c1-10(2)18-13(5-6-15-18)9-14-7-12-8-16-17(4)11(12)3;/h5-6,8,10,14H,7,9H2,1-4H3;1H. The Balaban J connectivity index is 0.00000180. The van der Waals surface area contributed by atoms with E-state index in [4.69, 9.17) is 0 Å². The molecule has 2 heterocycles. The van der Waals surface area contributed by atoms with Crippen molar-refractivity contribution in [3.8, 4) is 0 Å². The van der Waals surface area contributed by atoms with Gasteiger partial charge in [0.15, 0.2) is 0 Å². The van der Waals surface area contributed by atoms with Gasteiger partial charge >= 0.3 is 0 Å². The molecule has 0 amide bonds. The van der Waals surface area contributed by atoms with Crippen LogP contribution in [0.3, 0.4) is 0 Å². The topological polar surface area (TPSA) is 47.7 Å². The number of rotatable bonds is 5. The molecule has 0 saturated heterocycles. The van der Waals surface area contributed by atoms with Crippen LogP contribution in [0.25, 0.3) is 0 Å². The number of hydrogen-bond acceptors (Lipinski definition) is 3. The number of aromatic nitrogens is 4. The minimum absolute atomic E-state index is 0. The van der Waals surface area contributed by atoms with Crippen molar-refractivity contribution < 1.29 is 0 Å². The van der Waals surface area contributed by atoms with Crippen LogP contribution in [0.5, 0.6) is 0 Å². The van der Waals surface area contributed by atoms with Gasteiger partial charge in [-0.2, -0.15) is 10.2 Å². The summed E-state index contributed by atoms with van der Waals surface area (Å²) >= 11 is 0. The smallest absolute Gasteiger partial charge is 0.0537 e. The Hall–Kier alpha value is -1.33. The summed E-state index contributed by atoms with van der Waals surface area (Å²) in [5, 5.41) is 12.0. The van der Waals surface area contributed by atoms with Gasteiger partial charge in [0, 0.05) is 43.6 Å². The van der Waals surface area contributed by atoms with Gasteiger partial charge in [0.25, 0.3) is 0 Å². The summed E-state index contributed by atoms with van der Waals surface area (Å²) in [5.74, 6) is 0. The Morgan fingerprint density at radius 3 is 2.58 bits per heavy atom. The largest absolute Gasteiger partial charge is 0.307 e. The maximum Gasteiger partial charge on any atom is 0.0537 e. The highest BCUT2D eigenvalue weighted by atomic mass is 35.5. The average molecular weight is 284 g/mol. The molecule has 0 fully saturated rings. The van der Waals surface area contributed by atoms with Gasteiger partial charge in [0.1, 0.15) is 0 Å². The second-order valence-electron chi connectivity index (χ2n) is 4.84. The second-order valence-corrected chi connectivity index (χ2v) is 4.84. The first-order valence-electron chi connectivity index (χ1n) is 6.30. The van der Waals surface area contributed by atoms with Crippen molar-refractivity contribution in [2.75, 3.05) is 0 Å². The fourth-order valence-corrected chi connectivity index (χ4v) is 1.99. The van der Waals surface area contributed by atoms with Crippen LogP contribution >= 0.6 is 12.4 Å². The monoisotopic (exact) mass is 283 g/mol. The zero-order valence-corrected chi connectivity index (χ0v) is 12.7. The summed E-state index contributed by atoms with van der Waals surface area (Å²) in [6.07, 6.45) is 3.77. The van der Waals surface area contributed by atoms with Crippen LogP contribution in [-0.4, -0.2) is 19.6 Å². The van der Waals surface area contributed by atoms with Gasteiger partial charge in [-0.3, -0.25) is 9.36 Å². The quantitative estimate of drug-likeness (QED) is 0.915. The lowest BCUT2D eigenvalue weighted by molar-refractivity contribution is 0.495. The molecule has 0 aromatic carbocycles. The SMILES string of the molecule is Cc1c(CNCc2ccnn2C(C)C)cnn1C.Cl. The summed E-state index contributed by atoms with van der Waals surface area (Å²) in [6, 6.07) is 2.46. The van der Waals surface area contributed by atoms with Crippen molar-refractivity contribution in [1.82, 2.24) is 24.9 Å². The minimum atomic E-state index is 0. The molecule has 2 aromatic rings. The Bertz CT molecular complexity index is 515. The molecule has 0 saturated carbocycles. The third-order valence-corrected chi connectivity index (χ3v) is 3.20. The lowest BCUT2D eigenvalue weighted by Gasteiger charge is -2.11. The lowest BCUT2D eigenvalue weighted by atomic mass is 10.2. The van der Waals surface area contributed by atoms with Crippen LogP contribution in [0.4, 0.5) is 0 Å². The number of halogens is 1. The van der Waals surface area contributed by atoms with E-state index >= 15 is 0 Å². The second kappa shape index (κ2) is 6.73. The minimum Gasteiger partial charge on any atom is -0.307 e. The molecule has 0 spiro atoms. The van der Waals surface area contributed by atoms with Crippen molar-refractivity contribution in [2.24, 2.45) is 7.05 Å². The van der Waals surface area contributed by atoms with E-state index in [2.05, 4.69) is 42.4 Å². The van der Waals surface area contributed by atoms with Crippen molar-refractivity contribution in [3.05, 3.63) is 35.4 Å². The fraction of sp³-hybridized carbons (Fsp3) is 0.538. The van der Waals surface area contributed by atoms with Crippen LogP contribution in [0.15, 0.2) is 18.5 Å². The molecule has 0 atom stereocenters. The predicted molar refractivity (Wildman–Crippen MR) is 78.3 cm³/mol.